The summed E-state index contributed by atoms with van der Waals surface area (Å²) in [5.74, 6) is 0. The van der Waals surface area contributed by atoms with E-state index in [1.165, 1.54) is 17.4 Å². The van der Waals surface area contributed by atoms with Gasteiger partial charge in [0.1, 0.15) is 0 Å². The molecule has 0 bridgehead atoms. The van der Waals surface area contributed by atoms with Crippen LogP contribution in [0.25, 0.3) is 5.69 Å². The lowest BCUT2D eigenvalue weighted by Crippen LogP contribution is -2.20. The molecular formula is C10H8F3N3. The van der Waals surface area contributed by atoms with Gasteiger partial charge in [0, 0.05) is 18.1 Å². The summed E-state index contributed by atoms with van der Waals surface area (Å²) in [5, 5.41) is 5.39. The van der Waals surface area contributed by atoms with Crippen LogP contribution in [0.3, 0.4) is 0 Å². The molecule has 2 rings (SSSR count). The van der Waals surface area contributed by atoms with Crippen LogP contribution in [0.1, 0.15) is 0 Å². The number of hydrogen-bond donors (Lipinski definition) is 1. The molecule has 0 fully saturated rings. The van der Waals surface area contributed by atoms with Gasteiger partial charge < -0.3 is 0 Å². The Kier molecular flexibility index (Phi) is 2.55. The Morgan fingerprint density at radius 1 is 1.12 bits per heavy atom. The number of alkyl halides is 3. The molecule has 0 radical (unpaired) electrons. The van der Waals surface area contributed by atoms with E-state index in [0.717, 1.165) is 0 Å². The van der Waals surface area contributed by atoms with E-state index in [4.69, 9.17) is 0 Å². The highest BCUT2D eigenvalue weighted by Crippen LogP contribution is 2.20. The minimum absolute atomic E-state index is 0.00315. The van der Waals surface area contributed by atoms with Crippen molar-refractivity contribution in [1.29, 1.82) is 0 Å². The maximum atomic E-state index is 12.0. The van der Waals surface area contributed by atoms with Crippen molar-refractivity contribution in [3.8, 4) is 5.69 Å². The van der Waals surface area contributed by atoms with E-state index in [9.17, 15) is 13.2 Å². The van der Waals surface area contributed by atoms with Crippen molar-refractivity contribution in [2.24, 2.45) is 0 Å². The molecule has 0 aliphatic rings. The van der Waals surface area contributed by atoms with Crippen LogP contribution in [-0.2, 0) is 0 Å². The summed E-state index contributed by atoms with van der Waals surface area (Å²) in [6.07, 6.45) is -1.10. The molecule has 0 atom stereocenters. The van der Waals surface area contributed by atoms with Gasteiger partial charge >= 0.3 is 6.30 Å². The first-order valence-electron chi connectivity index (χ1n) is 4.49. The van der Waals surface area contributed by atoms with Crippen molar-refractivity contribution in [2.75, 3.05) is 5.32 Å². The van der Waals surface area contributed by atoms with Gasteiger partial charge in [-0.15, -0.1) is 0 Å². The van der Waals surface area contributed by atoms with E-state index in [2.05, 4.69) is 5.10 Å². The summed E-state index contributed by atoms with van der Waals surface area (Å²) in [6, 6.07) is 7.55. The number of hydrogen-bond acceptors (Lipinski definition) is 2. The summed E-state index contributed by atoms with van der Waals surface area (Å²) in [4.78, 5) is 0. The van der Waals surface area contributed by atoms with Crippen molar-refractivity contribution < 1.29 is 13.2 Å². The first-order valence-corrected chi connectivity index (χ1v) is 4.49. The maximum absolute atomic E-state index is 12.0. The Morgan fingerprint density at radius 2 is 1.81 bits per heavy atom. The highest BCUT2D eigenvalue weighted by Gasteiger charge is 2.26. The van der Waals surface area contributed by atoms with Crippen molar-refractivity contribution in [2.45, 2.75) is 6.30 Å². The van der Waals surface area contributed by atoms with Crippen LogP contribution in [0.15, 0.2) is 42.7 Å². The molecule has 0 aliphatic carbocycles. The number of aromatic nitrogens is 2. The molecular weight excluding hydrogens is 219 g/mol. The molecule has 84 valence electrons. The van der Waals surface area contributed by atoms with Gasteiger partial charge in [0.15, 0.2) is 0 Å². The molecule has 1 heterocycles. The lowest BCUT2D eigenvalue weighted by atomic mass is 10.3. The predicted octanol–water partition coefficient (Wildman–Crippen LogP) is 2.80. The Hall–Kier alpha value is -1.98. The second-order valence-corrected chi connectivity index (χ2v) is 3.12. The first kappa shape index (κ1) is 10.5. The van der Waals surface area contributed by atoms with Gasteiger partial charge in [-0.25, -0.2) is 4.68 Å². The molecule has 1 N–H and O–H groups in total. The lowest BCUT2D eigenvalue weighted by molar-refractivity contribution is -0.0999. The molecule has 0 saturated heterocycles. The van der Waals surface area contributed by atoms with Crippen LogP contribution in [0.2, 0.25) is 0 Å². The highest BCUT2D eigenvalue weighted by atomic mass is 19.4. The van der Waals surface area contributed by atoms with Gasteiger partial charge in [-0.1, -0.05) is 0 Å². The largest absolute Gasteiger partial charge is 0.482 e. The average Bonchev–Trinajstić information content (AvgIpc) is 2.69. The average molecular weight is 227 g/mol. The van der Waals surface area contributed by atoms with Gasteiger partial charge in [-0.2, -0.15) is 18.3 Å². The minimum Gasteiger partial charge on any atom is -0.298 e. The third-order valence-corrected chi connectivity index (χ3v) is 1.92. The molecule has 0 aliphatic heterocycles. The SMILES string of the molecule is FC(F)(F)Nc1ccc(-n2cccn2)cc1. The molecule has 6 heteroatoms. The van der Waals surface area contributed by atoms with Crippen molar-refractivity contribution in [3.63, 3.8) is 0 Å². The second kappa shape index (κ2) is 3.88. The molecule has 0 unspecified atom stereocenters. The van der Waals surface area contributed by atoms with E-state index in [1.54, 1.807) is 35.3 Å². The van der Waals surface area contributed by atoms with E-state index in [-0.39, 0.29) is 5.69 Å². The fourth-order valence-corrected chi connectivity index (χ4v) is 1.28. The minimum atomic E-state index is -4.41. The van der Waals surface area contributed by atoms with Crippen LogP contribution >= 0.6 is 0 Å². The summed E-state index contributed by atoms with van der Waals surface area (Å²) in [7, 11) is 0. The van der Waals surface area contributed by atoms with Crippen molar-refractivity contribution in [1.82, 2.24) is 9.78 Å². The fraction of sp³-hybridized carbons (Fsp3) is 0.100. The molecule has 1 aromatic heterocycles. The number of halogens is 3. The Morgan fingerprint density at radius 3 is 2.31 bits per heavy atom. The Bertz CT molecular complexity index is 445. The molecule has 3 nitrogen and oxygen atoms in total. The van der Waals surface area contributed by atoms with Crippen molar-refractivity contribution in [3.05, 3.63) is 42.7 Å². The van der Waals surface area contributed by atoms with Crippen LogP contribution in [0.4, 0.5) is 18.9 Å². The molecule has 0 saturated carbocycles. The zero-order chi connectivity index (χ0) is 11.6. The van der Waals surface area contributed by atoms with Crippen LogP contribution in [0, 0.1) is 0 Å². The zero-order valence-corrected chi connectivity index (χ0v) is 8.07. The summed E-state index contributed by atoms with van der Waals surface area (Å²) in [5.41, 5.74) is 0.709. The van der Waals surface area contributed by atoms with E-state index < -0.39 is 6.30 Å². The monoisotopic (exact) mass is 227 g/mol. The van der Waals surface area contributed by atoms with Gasteiger partial charge in [0.25, 0.3) is 0 Å². The third kappa shape index (κ3) is 2.53. The molecule has 0 amide bonds. The van der Waals surface area contributed by atoms with Gasteiger partial charge in [-0.05, 0) is 30.3 Å². The Balaban J connectivity index is 2.17. The topological polar surface area (TPSA) is 29.9 Å². The molecule has 1 aromatic carbocycles. The number of benzene rings is 1. The fourth-order valence-electron chi connectivity index (χ4n) is 1.28. The van der Waals surface area contributed by atoms with Crippen LogP contribution in [0.5, 0.6) is 0 Å². The summed E-state index contributed by atoms with van der Waals surface area (Å²) in [6.45, 7) is 0. The van der Waals surface area contributed by atoms with E-state index in [1.807, 2.05) is 0 Å². The zero-order valence-electron chi connectivity index (χ0n) is 8.07. The van der Waals surface area contributed by atoms with Gasteiger partial charge in [0.2, 0.25) is 0 Å². The maximum Gasteiger partial charge on any atom is 0.482 e. The van der Waals surface area contributed by atoms with Gasteiger partial charge in [0.05, 0.1) is 5.69 Å². The normalized spacial score (nSPS) is 11.4. The number of anilines is 1. The summed E-state index contributed by atoms with van der Waals surface area (Å²) < 4.78 is 37.5. The van der Waals surface area contributed by atoms with Gasteiger partial charge in [-0.3, -0.25) is 5.32 Å². The number of nitrogens with zero attached hydrogens (tertiary/aromatic N) is 2. The first-order chi connectivity index (χ1) is 7.54. The standard InChI is InChI=1S/C10H8F3N3/c11-10(12,13)15-8-2-4-9(5-3-8)16-7-1-6-14-16/h1-7,15H. The smallest absolute Gasteiger partial charge is 0.298 e. The molecule has 16 heavy (non-hydrogen) atoms. The lowest BCUT2D eigenvalue weighted by Gasteiger charge is -2.10. The third-order valence-electron chi connectivity index (χ3n) is 1.92. The van der Waals surface area contributed by atoms with Crippen LogP contribution in [-0.4, -0.2) is 16.1 Å². The number of nitrogens with one attached hydrogen (secondary N) is 1. The highest BCUT2D eigenvalue weighted by molar-refractivity contribution is 5.48. The van der Waals surface area contributed by atoms with Crippen molar-refractivity contribution >= 4 is 5.69 Å². The summed E-state index contributed by atoms with van der Waals surface area (Å²) >= 11 is 0. The molecule has 0 spiro atoms. The second-order valence-electron chi connectivity index (χ2n) is 3.12. The quantitative estimate of drug-likeness (QED) is 0.799. The predicted molar refractivity (Wildman–Crippen MR) is 53.2 cm³/mol. The van der Waals surface area contributed by atoms with E-state index in [0.29, 0.717) is 5.69 Å². The van der Waals surface area contributed by atoms with Crippen LogP contribution < -0.4 is 5.32 Å². The van der Waals surface area contributed by atoms with E-state index >= 15 is 0 Å². The molecule has 2 aromatic rings. The number of rotatable bonds is 2. The Labute approximate surface area is 89.5 Å².